The van der Waals surface area contributed by atoms with Crippen LogP contribution in [0.4, 0.5) is 0 Å². The van der Waals surface area contributed by atoms with Crippen LogP contribution in [0.1, 0.15) is 29.6 Å². The summed E-state index contributed by atoms with van der Waals surface area (Å²) in [7, 11) is 0. The summed E-state index contributed by atoms with van der Waals surface area (Å²) in [5.41, 5.74) is 2.55. The fourth-order valence-electron chi connectivity index (χ4n) is 1.62. The molecule has 0 aliphatic carbocycles. The summed E-state index contributed by atoms with van der Waals surface area (Å²) in [6.45, 7) is 2.19. The maximum Gasteiger partial charge on any atom is 0.0972 e. The highest BCUT2D eigenvalue weighted by Gasteiger charge is 2.03. The Bertz CT molecular complexity index is 464. The van der Waals surface area contributed by atoms with E-state index in [1.807, 2.05) is 6.07 Å². The quantitative estimate of drug-likeness (QED) is 0.812. The summed E-state index contributed by atoms with van der Waals surface area (Å²) in [6, 6.07) is 8.42. The minimum Gasteiger partial charge on any atom is -0.246 e. The molecule has 0 fully saturated rings. The van der Waals surface area contributed by atoms with E-state index in [-0.39, 0.29) is 0 Å². The molecule has 0 N–H and O–H groups in total. The second-order valence-electron chi connectivity index (χ2n) is 3.79. The molecule has 1 nitrogen and oxygen atoms in total. The number of nitrogens with zero attached hydrogens (tertiary/aromatic N) is 1. The molecule has 16 heavy (non-hydrogen) atoms. The topological polar surface area (TPSA) is 12.9 Å². The van der Waals surface area contributed by atoms with Gasteiger partial charge in [0.05, 0.1) is 10.7 Å². The van der Waals surface area contributed by atoms with Gasteiger partial charge in [-0.3, -0.25) is 0 Å². The summed E-state index contributed by atoms with van der Waals surface area (Å²) in [5, 5.41) is 3.39. The molecule has 0 aliphatic heterocycles. The summed E-state index contributed by atoms with van der Waals surface area (Å²) >= 11 is 5.25. The van der Waals surface area contributed by atoms with Gasteiger partial charge < -0.3 is 0 Å². The first-order chi connectivity index (χ1) is 7.78. The second kappa shape index (κ2) is 5.60. The summed E-state index contributed by atoms with van der Waals surface area (Å²) in [5.74, 6) is 0. The molecule has 1 aromatic heterocycles. The standard InChI is InChI=1S/C13H14BrNS/c1-2-4-12-9-16-13(15-12)8-10-5-3-6-11(14)7-10/h3,5-7,9H,2,4,8H2,1H3. The molecule has 84 valence electrons. The lowest BCUT2D eigenvalue weighted by Crippen LogP contribution is -1.89. The number of aryl methyl sites for hydroxylation is 1. The largest absolute Gasteiger partial charge is 0.246 e. The zero-order valence-electron chi connectivity index (χ0n) is 9.24. The van der Waals surface area contributed by atoms with Gasteiger partial charge in [0.1, 0.15) is 0 Å². The first-order valence-corrected chi connectivity index (χ1v) is 7.13. The molecule has 1 aromatic carbocycles. The van der Waals surface area contributed by atoms with E-state index in [1.54, 1.807) is 11.3 Å². The smallest absolute Gasteiger partial charge is 0.0972 e. The van der Waals surface area contributed by atoms with Crippen molar-refractivity contribution in [3.63, 3.8) is 0 Å². The molecule has 0 aliphatic rings. The Labute approximate surface area is 109 Å². The Morgan fingerprint density at radius 2 is 2.25 bits per heavy atom. The number of benzene rings is 1. The minimum absolute atomic E-state index is 0.938. The molecule has 2 rings (SSSR count). The van der Waals surface area contributed by atoms with Crippen molar-refractivity contribution < 1.29 is 0 Å². The van der Waals surface area contributed by atoms with Crippen LogP contribution in [0, 0.1) is 0 Å². The van der Waals surface area contributed by atoms with E-state index in [0.29, 0.717) is 0 Å². The molecular weight excluding hydrogens is 282 g/mol. The molecule has 3 heteroatoms. The molecule has 0 spiro atoms. The van der Waals surface area contributed by atoms with Crippen molar-refractivity contribution >= 4 is 27.3 Å². The van der Waals surface area contributed by atoms with Gasteiger partial charge >= 0.3 is 0 Å². The van der Waals surface area contributed by atoms with Gasteiger partial charge in [-0.05, 0) is 24.1 Å². The van der Waals surface area contributed by atoms with E-state index in [1.165, 1.54) is 22.7 Å². The number of aromatic nitrogens is 1. The second-order valence-corrected chi connectivity index (χ2v) is 5.65. The van der Waals surface area contributed by atoms with Gasteiger partial charge in [0.15, 0.2) is 0 Å². The Balaban J connectivity index is 2.08. The summed E-state index contributed by atoms with van der Waals surface area (Å²) in [4.78, 5) is 4.63. The van der Waals surface area contributed by atoms with Gasteiger partial charge in [0.25, 0.3) is 0 Å². The number of rotatable bonds is 4. The molecule has 1 heterocycles. The van der Waals surface area contributed by atoms with Crippen LogP contribution in [0.5, 0.6) is 0 Å². The Hall–Kier alpha value is -0.670. The predicted molar refractivity (Wildman–Crippen MR) is 73.1 cm³/mol. The van der Waals surface area contributed by atoms with Gasteiger partial charge in [0, 0.05) is 16.3 Å². The van der Waals surface area contributed by atoms with Crippen LogP contribution < -0.4 is 0 Å². The van der Waals surface area contributed by atoms with Crippen molar-refractivity contribution in [2.24, 2.45) is 0 Å². The molecule has 0 amide bonds. The fourth-order valence-corrected chi connectivity index (χ4v) is 2.93. The molecule has 0 saturated carbocycles. The zero-order valence-corrected chi connectivity index (χ0v) is 11.6. The van der Waals surface area contributed by atoms with Crippen LogP contribution in [0.15, 0.2) is 34.1 Å². The molecule has 0 saturated heterocycles. The predicted octanol–water partition coefficient (Wildman–Crippen LogP) is 4.45. The molecule has 0 bridgehead atoms. The minimum atomic E-state index is 0.938. The Morgan fingerprint density at radius 3 is 3.00 bits per heavy atom. The lowest BCUT2D eigenvalue weighted by atomic mass is 10.2. The summed E-state index contributed by atoms with van der Waals surface area (Å²) in [6.07, 6.45) is 3.20. The number of halogens is 1. The van der Waals surface area contributed by atoms with Crippen LogP contribution in [0.25, 0.3) is 0 Å². The van der Waals surface area contributed by atoms with Gasteiger partial charge in [-0.1, -0.05) is 41.4 Å². The maximum absolute atomic E-state index is 4.63. The van der Waals surface area contributed by atoms with Crippen LogP contribution in [0.3, 0.4) is 0 Å². The molecule has 0 atom stereocenters. The van der Waals surface area contributed by atoms with E-state index in [2.05, 4.69) is 51.4 Å². The highest BCUT2D eigenvalue weighted by atomic mass is 79.9. The molecular formula is C13H14BrNS. The fraction of sp³-hybridized carbons (Fsp3) is 0.308. The lowest BCUT2D eigenvalue weighted by molar-refractivity contribution is 0.883. The normalized spacial score (nSPS) is 10.6. The zero-order chi connectivity index (χ0) is 11.4. The third kappa shape index (κ3) is 3.16. The van der Waals surface area contributed by atoms with E-state index in [4.69, 9.17) is 0 Å². The Kier molecular flexibility index (Phi) is 4.13. The van der Waals surface area contributed by atoms with Gasteiger partial charge in [-0.25, -0.2) is 4.98 Å². The first kappa shape index (κ1) is 11.8. The molecule has 0 radical (unpaired) electrons. The lowest BCUT2D eigenvalue weighted by Gasteiger charge is -1.98. The molecule has 2 aromatic rings. The van der Waals surface area contributed by atoms with Crippen molar-refractivity contribution in [2.45, 2.75) is 26.2 Å². The van der Waals surface area contributed by atoms with Crippen LogP contribution in [-0.2, 0) is 12.8 Å². The van der Waals surface area contributed by atoms with Crippen LogP contribution in [-0.4, -0.2) is 4.98 Å². The number of hydrogen-bond donors (Lipinski definition) is 0. The van der Waals surface area contributed by atoms with Crippen molar-refractivity contribution in [3.8, 4) is 0 Å². The third-order valence-corrected chi connectivity index (χ3v) is 3.74. The highest BCUT2D eigenvalue weighted by Crippen LogP contribution is 2.18. The average Bonchev–Trinajstić information content (AvgIpc) is 2.66. The van der Waals surface area contributed by atoms with Gasteiger partial charge in [-0.2, -0.15) is 0 Å². The Morgan fingerprint density at radius 1 is 1.38 bits per heavy atom. The van der Waals surface area contributed by atoms with E-state index < -0.39 is 0 Å². The number of thiazole rings is 1. The van der Waals surface area contributed by atoms with Crippen molar-refractivity contribution in [1.29, 1.82) is 0 Å². The highest BCUT2D eigenvalue weighted by molar-refractivity contribution is 9.10. The van der Waals surface area contributed by atoms with Crippen molar-refractivity contribution in [3.05, 3.63) is 50.4 Å². The monoisotopic (exact) mass is 295 g/mol. The van der Waals surface area contributed by atoms with Crippen molar-refractivity contribution in [1.82, 2.24) is 4.98 Å². The maximum atomic E-state index is 4.63. The summed E-state index contributed by atoms with van der Waals surface area (Å²) < 4.78 is 1.13. The van der Waals surface area contributed by atoms with E-state index in [0.717, 1.165) is 17.3 Å². The number of hydrogen-bond acceptors (Lipinski definition) is 2. The SMILES string of the molecule is CCCc1csc(Cc2cccc(Br)c2)n1. The van der Waals surface area contributed by atoms with Gasteiger partial charge in [-0.15, -0.1) is 11.3 Å². The average molecular weight is 296 g/mol. The van der Waals surface area contributed by atoms with Gasteiger partial charge in [0.2, 0.25) is 0 Å². The first-order valence-electron chi connectivity index (χ1n) is 5.45. The van der Waals surface area contributed by atoms with Crippen LogP contribution >= 0.6 is 27.3 Å². The van der Waals surface area contributed by atoms with Crippen LogP contribution in [0.2, 0.25) is 0 Å². The van der Waals surface area contributed by atoms with Crippen molar-refractivity contribution in [2.75, 3.05) is 0 Å². The molecule has 0 unspecified atom stereocenters. The third-order valence-electron chi connectivity index (χ3n) is 2.35. The van der Waals surface area contributed by atoms with E-state index in [9.17, 15) is 0 Å². The van der Waals surface area contributed by atoms with E-state index >= 15 is 0 Å².